The van der Waals surface area contributed by atoms with Crippen LogP contribution in [0.1, 0.15) is 36.8 Å². The van der Waals surface area contributed by atoms with Gasteiger partial charge in [0.1, 0.15) is 5.75 Å². The molecular weight excluding hydrogens is 495 g/mol. The lowest BCUT2D eigenvalue weighted by atomic mass is 9.74. The second kappa shape index (κ2) is 11.0. The standard InChI is InChI=1S/C29H34F3N3O3/c30-29(31,32)38-23-8-5-21(6-9-23)7-10-27(37)35-15-11-22(12-16-35)26(36)19-34-17-13-28(14-18-34)20-33-25-4-2-1-3-24(25)28/h1-10,22,26,33,36H,11-20H2/b10-7+. The number of carbonyl (C=O) groups excluding carboxylic acids is 1. The van der Waals surface area contributed by atoms with Gasteiger partial charge >= 0.3 is 6.36 Å². The van der Waals surface area contributed by atoms with Gasteiger partial charge in [0.25, 0.3) is 0 Å². The maximum absolute atomic E-state index is 12.6. The van der Waals surface area contributed by atoms with Crippen LogP contribution >= 0.6 is 0 Å². The average molecular weight is 530 g/mol. The van der Waals surface area contributed by atoms with E-state index in [1.165, 1.54) is 41.6 Å². The number of ether oxygens (including phenoxy) is 1. The van der Waals surface area contributed by atoms with E-state index >= 15 is 0 Å². The average Bonchev–Trinajstić information content (AvgIpc) is 3.27. The van der Waals surface area contributed by atoms with Gasteiger partial charge in [0, 0.05) is 43.4 Å². The summed E-state index contributed by atoms with van der Waals surface area (Å²) in [6.45, 7) is 4.75. The summed E-state index contributed by atoms with van der Waals surface area (Å²) < 4.78 is 40.7. The predicted octanol–water partition coefficient (Wildman–Crippen LogP) is 4.66. The SMILES string of the molecule is O=C(/C=C/c1ccc(OC(F)(F)F)cc1)N1CCC(C(O)CN2CCC3(CC2)CNc2ccccc23)CC1. The minimum absolute atomic E-state index is 0.139. The van der Waals surface area contributed by atoms with Crippen LogP contribution in [0.5, 0.6) is 5.75 Å². The van der Waals surface area contributed by atoms with Crippen LogP contribution in [0, 0.1) is 5.92 Å². The number of likely N-dealkylation sites (tertiary alicyclic amines) is 2. The van der Waals surface area contributed by atoms with Crippen LogP contribution in [0.4, 0.5) is 18.9 Å². The summed E-state index contributed by atoms with van der Waals surface area (Å²) in [7, 11) is 0. The van der Waals surface area contributed by atoms with Crippen molar-refractivity contribution in [1.29, 1.82) is 0 Å². The number of rotatable bonds is 6. The lowest BCUT2D eigenvalue weighted by Crippen LogP contribution is -2.48. The number of anilines is 1. The number of fused-ring (bicyclic) bond motifs is 2. The molecule has 1 spiro atoms. The van der Waals surface area contributed by atoms with Crippen LogP contribution in [0.2, 0.25) is 0 Å². The molecule has 2 aromatic rings. The van der Waals surface area contributed by atoms with E-state index in [0.29, 0.717) is 25.2 Å². The molecule has 0 saturated carbocycles. The first kappa shape index (κ1) is 26.6. The Bertz CT molecular complexity index is 1140. The summed E-state index contributed by atoms with van der Waals surface area (Å²) in [6, 6.07) is 14.0. The molecule has 2 saturated heterocycles. The minimum atomic E-state index is -4.73. The van der Waals surface area contributed by atoms with E-state index in [0.717, 1.165) is 45.3 Å². The van der Waals surface area contributed by atoms with Crippen molar-refractivity contribution in [3.8, 4) is 5.75 Å². The van der Waals surface area contributed by atoms with Crippen LogP contribution in [-0.2, 0) is 10.2 Å². The van der Waals surface area contributed by atoms with Crippen LogP contribution in [-0.4, -0.2) is 72.5 Å². The van der Waals surface area contributed by atoms with Crippen molar-refractivity contribution in [1.82, 2.24) is 9.80 Å². The molecule has 0 aromatic heterocycles. The first-order valence-electron chi connectivity index (χ1n) is 13.3. The molecule has 2 aromatic carbocycles. The van der Waals surface area contributed by atoms with Crippen LogP contribution in [0.15, 0.2) is 54.6 Å². The van der Waals surface area contributed by atoms with E-state index in [-0.39, 0.29) is 23.0 Å². The summed E-state index contributed by atoms with van der Waals surface area (Å²) in [6.07, 6.45) is 1.55. The number of nitrogens with zero attached hydrogens (tertiary/aromatic N) is 2. The highest BCUT2D eigenvalue weighted by molar-refractivity contribution is 5.91. The summed E-state index contributed by atoms with van der Waals surface area (Å²) in [5.41, 5.74) is 3.50. The summed E-state index contributed by atoms with van der Waals surface area (Å²) in [4.78, 5) is 16.8. The smallest absolute Gasteiger partial charge is 0.406 e. The molecule has 3 heterocycles. The van der Waals surface area contributed by atoms with E-state index in [9.17, 15) is 23.1 Å². The lowest BCUT2D eigenvalue weighted by molar-refractivity contribution is -0.274. The van der Waals surface area contributed by atoms with E-state index in [1.54, 1.807) is 11.0 Å². The fourth-order valence-electron chi connectivity index (χ4n) is 6.04. The predicted molar refractivity (Wildman–Crippen MR) is 140 cm³/mol. The molecule has 0 radical (unpaired) electrons. The fourth-order valence-corrected chi connectivity index (χ4v) is 6.04. The van der Waals surface area contributed by atoms with Gasteiger partial charge in [0.2, 0.25) is 5.91 Å². The van der Waals surface area contributed by atoms with Gasteiger partial charge in [-0.1, -0.05) is 30.3 Å². The van der Waals surface area contributed by atoms with Crippen LogP contribution in [0.25, 0.3) is 6.08 Å². The molecule has 9 heteroatoms. The molecule has 5 rings (SSSR count). The Kier molecular flexibility index (Phi) is 7.68. The third kappa shape index (κ3) is 6.15. The Morgan fingerprint density at radius 3 is 2.45 bits per heavy atom. The Hall–Kier alpha value is -3.04. The van der Waals surface area contributed by atoms with Crippen molar-refractivity contribution in [3.05, 3.63) is 65.7 Å². The van der Waals surface area contributed by atoms with E-state index in [2.05, 4.69) is 39.2 Å². The molecular formula is C29H34F3N3O3. The highest BCUT2D eigenvalue weighted by atomic mass is 19.4. The molecule has 0 bridgehead atoms. The van der Waals surface area contributed by atoms with Gasteiger partial charge in [-0.05, 0) is 80.1 Å². The summed E-state index contributed by atoms with van der Waals surface area (Å²) in [5, 5.41) is 14.5. The molecule has 2 fully saturated rings. The van der Waals surface area contributed by atoms with Gasteiger partial charge in [-0.2, -0.15) is 0 Å². The second-order valence-electron chi connectivity index (χ2n) is 10.7. The number of hydrogen-bond donors (Lipinski definition) is 2. The Morgan fingerprint density at radius 1 is 1.08 bits per heavy atom. The molecule has 38 heavy (non-hydrogen) atoms. The number of amides is 1. The van der Waals surface area contributed by atoms with Crippen LogP contribution < -0.4 is 10.1 Å². The van der Waals surface area contributed by atoms with Crippen molar-refractivity contribution in [2.75, 3.05) is 44.6 Å². The normalized spacial score (nSPS) is 20.9. The highest BCUT2D eigenvalue weighted by Gasteiger charge is 2.41. The molecule has 1 atom stereocenters. The number of hydrogen-bond acceptors (Lipinski definition) is 5. The first-order chi connectivity index (χ1) is 18.2. The van der Waals surface area contributed by atoms with Crippen molar-refractivity contribution >= 4 is 17.7 Å². The quantitative estimate of drug-likeness (QED) is 0.533. The third-order valence-electron chi connectivity index (χ3n) is 8.30. The monoisotopic (exact) mass is 529 g/mol. The van der Waals surface area contributed by atoms with Crippen molar-refractivity contribution in [2.24, 2.45) is 5.92 Å². The van der Waals surface area contributed by atoms with E-state index in [1.807, 2.05) is 0 Å². The number of alkyl halides is 3. The molecule has 0 aliphatic carbocycles. The highest BCUT2D eigenvalue weighted by Crippen LogP contribution is 2.43. The van der Waals surface area contributed by atoms with Gasteiger partial charge in [-0.15, -0.1) is 13.2 Å². The summed E-state index contributed by atoms with van der Waals surface area (Å²) in [5.74, 6) is -0.277. The first-order valence-corrected chi connectivity index (χ1v) is 13.3. The Balaban J connectivity index is 1.05. The Labute approximate surface area is 221 Å². The zero-order valence-electron chi connectivity index (χ0n) is 21.3. The summed E-state index contributed by atoms with van der Waals surface area (Å²) >= 11 is 0. The number of aliphatic hydroxyl groups is 1. The number of halogens is 3. The number of β-amino-alcohol motifs (C(OH)–C–C–N with tert-alkyl or cyclic N) is 1. The molecule has 1 unspecified atom stereocenters. The van der Waals surface area contributed by atoms with Crippen molar-refractivity contribution < 1.29 is 27.8 Å². The van der Waals surface area contributed by atoms with Crippen molar-refractivity contribution in [2.45, 2.75) is 43.6 Å². The van der Waals surface area contributed by atoms with Gasteiger partial charge in [-0.3, -0.25) is 4.79 Å². The van der Waals surface area contributed by atoms with Gasteiger partial charge in [0.05, 0.1) is 6.10 Å². The minimum Gasteiger partial charge on any atom is -0.406 e. The molecule has 2 N–H and O–H groups in total. The molecule has 1 amide bonds. The third-order valence-corrected chi connectivity index (χ3v) is 8.30. The second-order valence-corrected chi connectivity index (χ2v) is 10.7. The van der Waals surface area contributed by atoms with Gasteiger partial charge in [-0.25, -0.2) is 0 Å². The number of benzene rings is 2. The molecule has 204 valence electrons. The number of carbonyl (C=O) groups is 1. The van der Waals surface area contributed by atoms with Crippen molar-refractivity contribution in [3.63, 3.8) is 0 Å². The Morgan fingerprint density at radius 2 is 1.76 bits per heavy atom. The topological polar surface area (TPSA) is 65.0 Å². The molecule has 6 nitrogen and oxygen atoms in total. The largest absolute Gasteiger partial charge is 0.573 e. The zero-order valence-corrected chi connectivity index (χ0v) is 21.3. The van der Waals surface area contributed by atoms with Gasteiger partial charge in [0.15, 0.2) is 0 Å². The van der Waals surface area contributed by atoms with Gasteiger partial charge < -0.3 is 25.0 Å². The zero-order chi connectivity index (χ0) is 26.8. The lowest BCUT2D eigenvalue weighted by Gasteiger charge is -2.41. The fraction of sp³-hybridized carbons (Fsp3) is 0.483. The van der Waals surface area contributed by atoms with E-state index < -0.39 is 12.5 Å². The van der Waals surface area contributed by atoms with E-state index in [4.69, 9.17) is 0 Å². The number of aliphatic hydroxyl groups excluding tert-OH is 1. The maximum Gasteiger partial charge on any atom is 0.573 e. The number of nitrogens with one attached hydrogen (secondary N) is 1. The number of piperidine rings is 2. The van der Waals surface area contributed by atoms with Crippen LogP contribution in [0.3, 0.4) is 0 Å². The molecule has 3 aliphatic rings. The number of para-hydroxylation sites is 1. The molecule has 3 aliphatic heterocycles. The maximum atomic E-state index is 12.6.